The molecular formula is C37H35F3N4O2. The number of hydrogen-bond donors (Lipinski definition) is 3. The Labute approximate surface area is 265 Å². The average Bonchev–Trinajstić information content (AvgIpc) is 3.39. The number of rotatable bonds is 9. The predicted octanol–water partition coefficient (Wildman–Crippen LogP) is 8.33. The molecule has 1 aliphatic heterocycles. The summed E-state index contributed by atoms with van der Waals surface area (Å²) in [6.07, 6.45) is 4.09. The van der Waals surface area contributed by atoms with Crippen molar-refractivity contribution in [3.63, 3.8) is 0 Å². The Hall–Kier alpha value is -4.89. The van der Waals surface area contributed by atoms with Crippen LogP contribution in [0.1, 0.15) is 71.3 Å². The third-order valence-electron chi connectivity index (χ3n) is 8.46. The molecule has 236 valence electrons. The molecule has 6 rings (SSSR count). The van der Waals surface area contributed by atoms with Crippen LogP contribution in [0.15, 0.2) is 89.9 Å². The van der Waals surface area contributed by atoms with E-state index >= 15 is 0 Å². The van der Waals surface area contributed by atoms with Crippen molar-refractivity contribution >= 4 is 28.2 Å². The number of carbonyl (C=O) groups is 1. The highest BCUT2D eigenvalue weighted by molar-refractivity contribution is 6.22. The molecule has 1 aliphatic rings. The number of fused-ring (bicyclic) bond motifs is 1. The first-order valence-corrected chi connectivity index (χ1v) is 15.6. The summed E-state index contributed by atoms with van der Waals surface area (Å²) in [5.74, 6) is -2.91. The Kier molecular flexibility index (Phi) is 9.21. The van der Waals surface area contributed by atoms with Crippen LogP contribution in [-0.2, 0) is 6.54 Å². The number of aromatic nitrogens is 1. The number of nitrogens with one attached hydrogen (secondary N) is 2. The Morgan fingerprint density at radius 1 is 0.913 bits per heavy atom. The third kappa shape index (κ3) is 6.84. The molecule has 46 heavy (non-hydrogen) atoms. The molecule has 0 spiro atoms. The fourth-order valence-corrected chi connectivity index (χ4v) is 6.05. The highest BCUT2D eigenvalue weighted by Gasteiger charge is 2.22. The van der Waals surface area contributed by atoms with Crippen LogP contribution in [-0.4, -0.2) is 39.7 Å². The maximum atomic E-state index is 14.0. The fourth-order valence-electron chi connectivity index (χ4n) is 6.05. The van der Waals surface area contributed by atoms with Gasteiger partial charge in [0.15, 0.2) is 17.5 Å². The van der Waals surface area contributed by atoms with Gasteiger partial charge in [-0.25, -0.2) is 18.2 Å². The van der Waals surface area contributed by atoms with Gasteiger partial charge in [-0.3, -0.25) is 9.69 Å². The van der Waals surface area contributed by atoms with E-state index < -0.39 is 29.4 Å². The van der Waals surface area contributed by atoms with Crippen molar-refractivity contribution in [1.82, 2.24) is 15.2 Å². The van der Waals surface area contributed by atoms with Gasteiger partial charge in [-0.1, -0.05) is 31.5 Å². The van der Waals surface area contributed by atoms with Crippen molar-refractivity contribution in [2.24, 2.45) is 4.99 Å². The van der Waals surface area contributed by atoms with Gasteiger partial charge >= 0.3 is 0 Å². The number of hydrogen-bond acceptors (Lipinski definition) is 4. The number of aromatic hydroxyl groups is 1. The zero-order valence-electron chi connectivity index (χ0n) is 25.5. The second-order valence-electron chi connectivity index (χ2n) is 11.7. The lowest BCUT2D eigenvalue weighted by Gasteiger charge is -2.26. The van der Waals surface area contributed by atoms with Crippen LogP contribution in [0.25, 0.3) is 10.9 Å². The van der Waals surface area contributed by atoms with Gasteiger partial charge in [0.2, 0.25) is 0 Å². The van der Waals surface area contributed by atoms with Crippen molar-refractivity contribution in [3.8, 4) is 5.88 Å². The molecule has 1 fully saturated rings. The molecule has 3 N–H and O–H groups in total. The first-order valence-electron chi connectivity index (χ1n) is 15.6. The van der Waals surface area contributed by atoms with Crippen LogP contribution >= 0.6 is 0 Å². The molecule has 1 atom stereocenters. The molecule has 1 unspecified atom stereocenters. The fraction of sp³-hybridized carbons (Fsp3) is 0.243. The number of halogens is 3. The second kappa shape index (κ2) is 13.6. The van der Waals surface area contributed by atoms with Gasteiger partial charge in [-0.2, -0.15) is 0 Å². The SMILES string of the molecule is CCC(NC(=O)c1ccc2[nH]c(O)c(C(=Nc3cccc(CN4CCCCC4)c3)c3ccc(F)cc3)c2c1)c1ccc(F)c(F)c1. The minimum Gasteiger partial charge on any atom is -0.494 e. The summed E-state index contributed by atoms with van der Waals surface area (Å²) in [7, 11) is 0. The Balaban J connectivity index is 1.38. The van der Waals surface area contributed by atoms with E-state index in [1.54, 1.807) is 30.3 Å². The topological polar surface area (TPSA) is 80.7 Å². The lowest BCUT2D eigenvalue weighted by Crippen LogP contribution is -2.28. The largest absolute Gasteiger partial charge is 0.494 e. The number of H-pyrrole nitrogens is 1. The van der Waals surface area contributed by atoms with Crippen LogP contribution in [0.4, 0.5) is 18.9 Å². The Bertz CT molecular complexity index is 1900. The van der Waals surface area contributed by atoms with Gasteiger partial charge < -0.3 is 15.4 Å². The summed E-state index contributed by atoms with van der Waals surface area (Å²) >= 11 is 0. The van der Waals surface area contributed by atoms with Gasteiger partial charge in [0, 0.05) is 28.6 Å². The summed E-state index contributed by atoms with van der Waals surface area (Å²) < 4.78 is 41.4. The molecule has 1 saturated heterocycles. The van der Waals surface area contributed by atoms with E-state index in [0.717, 1.165) is 37.3 Å². The lowest BCUT2D eigenvalue weighted by atomic mass is 9.99. The summed E-state index contributed by atoms with van der Waals surface area (Å²) in [4.78, 5) is 23.8. The van der Waals surface area contributed by atoms with Crippen LogP contribution in [0.2, 0.25) is 0 Å². The van der Waals surface area contributed by atoms with Crippen LogP contribution < -0.4 is 5.32 Å². The maximum absolute atomic E-state index is 14.0. The molecule has 0 radical (unpaired) electrons. The maximum Gasteiger partial charge on any atom is 0.251 e. The van der Waals surface area contributed by atoms with Crippen molar-refractivity contribution in [2.75, 3.05) is 13.1 Å². The molecule has 9 heteroatoms. The van der Waals surface area contributed by atoms with E-state index in [4.69, 9.17) is 4.99 Å². The molecule has 1 amide bonds. The molecule has 1 aromatic heterocycles. The van der Waals surface area contributed by atoms with Gasteiger partial charge in [0.25, 0.3) is 5.91 Å². The minimum atomic E-state index is -0.983. The van der Waals surface area contributed by atoms with Gasteiger partial charge in [0.05, 0.1) is 23.0 Å². The molecule has 0 aliphatic carbocycles. The minimum absolute atomic E-state index is 0.145. The number of piperidine rings is 1. The number of benzene rings is 4. The van der Waals surface area contributed by atoms with E-state index in [-0.39, 0.29) is 5.88 Å². The average molecular weight is 625 g/mol. The normalized spacial score (nSPS) is 14.8. The standard InChI is InChI=1S/C37H35F3N4O2/c1-2-32(25-11-15-30(39)31(40)21-25)42-36(45)26-12-16-33-29(20-26)34(37(46)43-33)35(24-9-13-27(38)14-10-24)41-28-8-6-7-23(19-28)22-44-17-4-3-5-18-44/h6-16,19-21,32,43,46H,2-5,17-18,22H2,1H3,(H,42,45). The van der Waals surface area contributed by atoms with Crippen molar-refractivity contribution in [2.45, 2.75) is 45.2 Å². The first kappa shape index (κ1) is 31.1. The summed E-state index contributed by atoms with van der Waals surface area (Å²) in [5.41, 5.74) is 4.47. The number of aliphatic imine (C=N–C) groups is 1. The number of amides is 1. The quantitative estimate of drug-likeness (QED) is 0.144. The zero-order chi connectivity index (χ0) is 32.2. The van der Waals surface area contributed by atoms with Crippen molar-refractivity contribution in [1.29, 1.82) is 0 Å². The molecule has 6 nitrogen and oxygen atoms in total. The van der Waals surface area contributed by atoms with E-state index in [2.05, 4.69) is 21.3 Å². The third-order valence-corrected chi connectivity index (χ3v) is 8.46. The van der Waals surface area contributed by atoms with Crippen LogP contribution in [0, 0.1) is 17.5 Å². The van der Waals surface area contributed by atoms with Gasteiger partial charge in [0.1, 0.15) is 5.82 Å². The smallest absolute Gasteiger partial charge is 0.251 e. The second-order valence-corrected chi connectivity index (χ2v) is 11.7. The van der Waals surface area contributed by atoms with E-state index in [1.165, 1.54) is 37.5 Å². The zero-order valence-corrected chi connectivity index (χ0v) is 25.5. The molecule has 4 aromatic carbocycles. The Morgan fingerprint density at radius 3 is 2.41 bits per heavy atom. The molecular weight excluding hydrogens is 589 g/mol. The number of aromatic amines is 1. The molecule has 0 bridgehead atoms. The summed E-state index contributed by atoms with van der Waals surface area (Å²) in [6.45, 7) is 4.78. The number of likely N-dealkylation sites (tertiary alicyclic amines) is 1. The molecule has 5 aromatic rings. The summed E-state index contributed by atoms with van der Waals surface area (Å²) in [6, 6.07) is 21.8. The van der Waals surface area contributed by atoms with Crippen LogP contribution in [0.3, 0.4) is 0 Å². The number of nitrogens with zero attached hydrogens (tertiary/aromatic N) is 2. The van der Waals surface area contributed by atoms with Crippen molar-refractivity contribution < 1.29 is 23.1 Å². The molecule has 2 heterocycles. The predicted molar refractivity (Wildman–Crippen MR) is 174 cm³/mol. The highest BCUT2D eigenvalue weighted by Crippen LogP contribution is 2.33. The monoisotopic (exact) mass is 624 g/mol. The van der Waals surface area contributed by atoms with Crippen LogP contribution in [0.5, 0.6) is 5.88 Å². The van der Waals surface area contributed by atoms with Gasteiger partial charge in [-0.15, -0.1) is 0 Å². The Morgan fingerprint density at radius 2 is 1.67 bits per heavy atom. The lowest BCUT2D eigenvalue weighted by molar-refractivity contribution is 0.0935. The molecule has 0 saturated carbocycles. The van der Waals surface area contributed by atoms with E-state index in [1.807, 2.05) is 25.1 Å². The van der Waals surface area contributed by atoms with Crippen molar-refractivity contribution in [3.05, 3.63) is 130 Å². The van der Waals surface area contributed by atoms with E-state index in [0.29, 0.717) is 51.0 Å². The first-order chi connectivity index (χ1) is 22.3. The van der Waals surface area contributed by atoms with Gasteiger partial charge in [-0.05, 0) is 110 Å². The highest BCUT2D eigenvalue weighted by atomic mass is 19.2. The number of carbonyl (C=O) groups excluding carboxylic acids is 1. The summed E-state index contributed by atoms with van der Waals surface area (Å²) in [5, 5.41) is 14.6. The van der Waals surface area contributed by atoms with E-state index in [9.17, 15) is 23.1 Å².